The predicted octanol–water partition coefficient (Wildman–Crippen LogP) is 2.81. The van der Waals surface area contributed by atoms with E-state index in [1.807, 2.05) is 19.0 Å². The summed E-state index contributed by atoms with van der Waals surface area (Å²) in [6, 6.07) is 4.89. The van der Waals surface area contributed by atoms with Crippen LogP contribution in [0.2, 0.25) is 0 Å². The highest BCUT2D eigenvalue weighted by Gasteiger charge is 2.30. The number of thioether (sulfide) groups is 1. The molecule has 1 heterocycles. The van der Waals surface area contributed by atoms with Gasteiger partial charge in [-0.25, -0.2) is 4.68 Å². The van der Waals surface area contributed by atoms with Gasteiger partial charge in [-0.3, -0.25) is 0 Å². The highest BCUT2D eigenvalue weighted by atomic mass is 32.2. The molecule has 0 saturated heterocycles. The monoisotopic (exact) mass is 375 g/mol. The van der Waals surface area contributed by atoms with Crippen molar-refractivity contribution in [2.75, 3.05) is 33.0 Å². The van der Waals surface area contributed by atoms with E-state index in [-0.39, 0.29) is 5.75 Å². The number of rotatable bonds is 9. The van der Waals surface area contributed by atoms with Crippen molar-refractivity contribution in [3.8, 4) is 5.75 Å². The van der Waals surface area contributed by atoms with Gasteiger partial charge in [-0.2, -0.15) is 13.2 Å². The lowest BCUT2D eigenvalue weighted by Crippen LogP contribution is -2.19. The van der Waals surface area contributed by atoms with Gasteiger partial charge < -0.3 is 9.64 Å². The third-order valence-corrected chi connectivity index (χ3v) is 4.25. The fourth-order valence-electron chi connectivity index (χ4n) is 1.91. The number of likely N-dealkylation sites (N-methyl/N-ethyl adjacent to an activating group) is 1. The Bertz CT molecular complexity index is 663. The maximum Gasteiger partial charge on any atom is 0.416 e. The fraction of sp³-hybridized carbons (Fsp3) is 0.533. The van der Waals surface area contributed by atoms with Gasteiger partial charge in [0.25, 0.3) is 0 Å². The molecule has 0 bridgehead atoms. The van der Waals surface area contributed by atoms with Gasteiger partial charge in [-0.15, -0.1) is 5.10 Å². The van der Waals surface area contributed by atoms with Crippen LogP contribution in [0.5, 0.6) is 5.75 Å². The topological polar surface area (TPSA) is 56.1 Å². The minimum absolute atomic E-state index is 0.218. The Morgan fingerprint density at radius 2 is 2.08 bits per heavy atom. The van der Waals surface area contributed by atoms with Crippen molar-refractivity contribution in [3.63, 3.8) is 0 Å². The molecule has 0 fully saturated rings. The van der Waals surface area contributed by atoms with Crippen molar-refractivity contribution in [1.29, 1.82) is 0 Å². The van der Waals surface area contributed by atoms with Gasteiger partial charge >= 0.3 is 6.18 Å². The van der Waals surface area contributed by atoms with E-state index < -0.39 is 11.7 Å². The second-order valence-corrected chi connectivity index (χ2v) is 6.63. The van der Waals surface area contributed by atoms with E-state index in [4.69, 9.17) is 4.74 Å². The molecule has 0 radical (unpaired) electrons. The summed E-state index contributed by atoms with van der Waals surface area (Å²) in [7, 11) is 3.95. The molecular weight excluding hydrogens is 355 g/mol. The Morgan fingerprint density at radius 1 is 1.28 bits per heavy atom. The first-order valence-corrected chi connectivity index (χ1v) is 8.68. The van der Waals surface area contributed by atoms with Crippen LogP contribution in [-0.2, 0) is 12.7 Å². The van der Waals surface area contributed by atoms with Crippen LogP contribution in [0.3, 0.4) is 0 Å². The molecular formula is C15H20F3N5OS. The van der Waals surface area contributed by atoms with Crippen LogP contribution in [0.25, 0.3) is 0 Å². The molecule has 138 valence electrons. The standard InChI is InChI=1S/C15H20F3N5OS/c1-22(2)7-8-23-14(19-20-21-23)25-10-4-9-24-13-6-3-5-12(11-13)15(16,17)18/h3,5-6,11H,4,7-10H2,1-2H3. The van der Waals surface area contributed by atoms with Crippen molar-refractivity contribution in [2.24, 2.45) is 0 Å². The van der Waals surface area contributed by atoms with Gasteiger partial charge in [0.1, 0.15) is 5.75 Å². The van der Waals surface area contributed by atoms with E-state index in [1.54, 1.807) is 4.68 Å². The lowest BCUT2D eigenvalue weighted by Gasteiger charge is -2.10. The summed E-state index contributed by atoms with van der Waals surface area (Å²) in [5.41, 5.74) is -0.709. The normalized spacial score (nSPS) is 11.9. The molecule has 25 heavy (non-hydrogen) atoms. The molecule has 0 atom stereocenters. The summed E-state index contributed by atoms with van der Waals surface area (Å²) >= 11 is 1.50. The molecule has 0 unspecified atom stereocenters. The molecule has 6 nitrogen and oxygen atoms in total. The van der Waals surface area contributed by atoms with Crippen molar-refractivity contribution in [1.82, 2.24) is 25.1 Å². The number of benzene rings is 1. The fourth-order valence-corrected chi connectivity index (χ4v) is 2.73. The third kappa shape index (κ3) is 6.54. The van der Waals surface area contributed by atoms with Crippen molar-refractivity contribution in [2.45, 2.75) is 24.3 Å². The van der Waals surface area contributed by atoms with Crippen LogP contribution >= 0.6 is 11.8 Å². The van der Waals surface area contributed by atoms with Crippen molar-refractivity contribution in [3.05, 3.63) is 29.8 Å². The van der Waals surface area contributed by atoms with E-state index in [1.165, 1.54) is 23.9 Å². The predicted molar refractivity (Wildman–Crippen MR) is 88.7 cm³/mol. The largest absolute Gasteiger partial charge is 0.494 e. The highest BCUT2D eigenvalue weighted by molar-refractivity contribution is 7.99. The van der Waals surface area contributed by atoms with Gasteiger partial charge in [-0.05, 0) is 49.1 Å². The highest BCUT2D eigenvalue weighted by Crippen LogP contribution is 2.31. The van der Waals surface area contributed by atoms with Crippen LogP contribution < -0.4 is 4.74 Å². The van der Waals surface area contributed by atoms with Gasteiger partial charge in [-0.1, -0.05) is 17.8 Å². The summed E-state index contributed by atoms with van der Waals surface area (Å²) in [5, 5.41) is 12.3. The quantitative estimate of drug-likeness (QED) is 0.496. The minimum atomic E-state index is -4.36. The zero-order valence-electron chi connectivity index (χ0n) is 14.0. The molecule has 0 saturated carbocycles. The van der Waals surface area contributed by atoms with Crippen LogP contribution in [0, 0.1) is 0 Å². The summed E-state index contributed by atoms with van der Waals surface area (Å²) in [6.45, 7) is 1.86. The molecule has 0 aliphatic rings. The summed E-state index contributed by atoms with van der Waals surface area (Å²) < 4.78 is 45.0. The Labute approximate surface area is 148 Å². The average Bonchev–Trinajstić information content (AvgIpc) is 2.99. The third-order valence-electron chi connectivity index (χ3n) is 3.21. The van der Waals surface area contributed by atoms with E-state index in [9.17, 15) is 13.2 Å². The molecule has 2 rings (SSSR count). The molecule has 0 aliphatic carbocycles. The van der Waals surface area contributed by atoms with Gasteiger partial charge in [0.2, 0.25) is 5.16 Å². The zero-order valence-corrected chi connectivity index (χ0v) is 14.8. The molecule has 0 amide bonds. The SMILES string of the molecule is CN(C)CCn1nnnc1SCCCOc1cccc(C(F)(F)F)c1. The number of halogens is 3. The van der Waals surface area contributed by atoms with Crippen molar-refractivity contribution < 1.29 is 17.9 Å². The van der Waals surface area contributed by atoms with Crippen LogP contribution in [0.15, 0.2) is 29.4 Å². The molecule has 2 aromatic rings. The lowest BCUT2D eigenvalue weighted by atomic mass is 10.2. The maximum atomic E-state index is 12.6. The van der Waals surface area contributed by atoms with Crippen LogP contribution in [0.4, 0.5) is 13.2 Å². The van der Waals surface area contributed by atoms with Gasteiger partial charge in [0.05, 0.1) is 18.7 Å². The molecule has 0 spiro atoms. The van der Waals surface area contributed by atoms with E-state index in [0.717, 1.165) is 23.8 Å². The van der Waals surface area contributed by atoms with Crippen molar-refractivity contribution >= 4 is 11.8 Å². The van der Waals surface area contributed by atoms with E-state index in [2.05, 4.69) is 15.5 Å². The Kier molecular flexibility index (Phi) is 7.06. The van der Waals surface area contributed by atoms with Crippen LogP contribution in [-0.4, -0.2) is 58.1 Å². The smallest absolute Gasteiger partial charge is 0.416 e. The number of nitrogens with zero attached hydrogens (tertiary/aromatic N) is 5. The zero-order chi connectivity index (χ0) is 18.3. The summed E-state index contributed by atoms with van der Waals surface area (Å²) in [4.78, 5) is 2.04. The average molecular weight is 375 g/mol. The molecule has 0 aliphatic heterocycles. The number of alkyl halides is 3. The first kappa shape index (κ1) is 19.5. The molecule has 10 heteroatoms. The summed E-state index contributed by atoms with van der Waals surface area (Å²) in [5.74, 6) is 0.928. The second-order valence-electron chi connectivity index (χ2n) is 5.56. The minimum Gasteiger partial charge on any atom is -0.494 e. The van der Waals surface area contributed by atoms with Crippen LogP contribution in [0.1, 0.15) is 12.0 Å². The van der Waals surface area contributed by atoms with E-state index in [0.29, 0.717) is 25.3 Å². The number of hydrogen-bond donors (Lipinski definition) is 0. The molecule has 1 aromatic carbocycles. The number of hydrogen-bond acceptors (Lipinski definition) is 6. The lowest BCUT2D eigenvalue weighted by molar-refractivity contribution is -0.137. The van der Waals surface area contributed by atoms with E-state index >= 15 is 0 Å². The first-order chi connectivity index (χ1) is 11.9. The number of ether oxygens (including phenoxy) is 1. The Balaban J connectivity index is 1.73. The maximum absolute atomic E-state index is 12.6. The Morgan fingerprint density at radius 3 is 2.80 bits per heavy atom. The second kappa shape index (κ2) is 9.04. The molecule has 0 N–H and O–H groups in total. The molecule has 1 aromatic heterocycles. The first-order valence-electron chi connectivity index (χ1n) is 7.70. The van der Waals surface area contributed by atoms with Gasteiger partial charge in [0, 0.05) is 12.3 Å². The summed E-state index contributed by atoms with van der Waals surface area (Å²) in [6.07, 6.45) is -3.69. The Hall–Kier alpha value is -1.81. The van der Waals surface area contributed by atoms with Gasteiger partial charge in [0.15, 0.2) is 0 Å². The number of tetrazole rings is 1. The number of aromatic nitrogens is 4.